The first-order chi connectivity index (χ1) is 9.99. The first kappa shape index (κ1) is 14.2. The summed E-state index contributed by atoms with van der Waals surface area (Å²) >= 11 is 0. The van der Waals surface area contributed by atoms with Gasteiger partial charge in [0.05, 0.1) is 11.9 Å². The van der Waals surface area contributed by atoms with Crippen LogP contribution in [-0.2, 0) is 23.6 Å². The number of rotatable bonds is 6. The molecule has 8 heteroatoms. The van der Waals surface area contributed by atoms with E-state index in [0.29, 0.717) is 23.2 Å². The number of sulfonamides is 1. The predicted molar refractivity (Wildman–Crippen MR) is 79.5 cm³/mol. The Morgan fingerprint density at radius 1 is 1.38 bits per heavy atom. The number of anilines is 1. The van der Waals surface area contributed by atoms with Gasteiger partial charge in [0.15, 0.2) is 0 Å². The fourth-order valence-corrected chi connectivity index (χ4v) is 3.42. The molecule has 1 aliphatic carbocycles. The Morgan fingerprint density at radius 3 is 2.71 bits per heavy atom. The highest BCUT2D eigenvalue weighted by atomic mass is 32.2. The van der Waals surface area contributed by atoms with Crippen LogP contribution in [0.25, 0.3) is 0 Å². The molecule has 1 aliphatic rings. The van der Waals surface area contributed by atoms with E-state index < -0.39 is 10.0 Å². The predicted octanol–water partition coefficient (Wildman–Crippen LogP) is 1.08. The Bertz CT molecular complexity index is 742. The molecule has 0 bridgehead atoms. The van der Waals surface area contributed by atoms with Crippen LogP contribution in [0.1, 0.15) is 24.6 Å². The van der Waals surface area contributed by atoms with Crippen LogP contribution < -0.4 is 10.0 Å². The molecule has 0 radical (unpaired) electrons. The first-order valence-corrected chi connectivity index (χ1v) is 8.35. The van der Waals surface area contributed by atoms with Gasteiger partial charge in [-0.05, 0) is 26.0 Å². The molecule has 114 valence electrons. The SMILES string of the molecule is CNCc1cc(S(=O)(=O)Nc2cnn(C)c2)cn1C1CC1. The van der Waals surface area contributed by atoms with Gasteiger partial charge in [-0.25, -0.2) is 8.42 Å². The second-order valence-corrected chi connectivity index (χ2v) is 7.03. The second-order valence-electron chi connectivity index (χ2n) is 5.34. The van der Waals surface area contributed by atoms with E-state index in [1.807, 2.05) is 7.05 Å². The summed E-state index contributed by atoms with van der Waals surface area (Å²) in [6.07, 6.45) is 7.07. The normalized spacial score (nSPS) is 15.3. The number of hydrogen-bond donors (Lipinski definition) is 2. The Hall–Kier alpha value is -1.80. The summed E-state index contributed by atoms with van der Waals surface area (Å²) in [6, 6.07) is 2.17. The molecular formula is C13H19N5O2S. The lowest BCUT2D eigenvalue weighted by molar-refractivity contribution is 0.600. The quantitative estimate of drug-likeness (QED) is 0.836. The summed E-state index contributed by atoms with van der Waals surface area (Å²) in [7, 11) is 0.0183. The minimum absolute atomic E-state index is 0.295. The molecule has 0 aromatic carbocycles. The Kier molecular flexibility index (Phi) is 3.50. The minimum atomic E-state index is -3.58. The van der Waals surface area contributed by atoms with Crippen molar-refractivity contribution < 1.29 is 8.42 Å². The van der Waals surface area contributed by atoms with Crippen LogP contribution in [0.3, 0.4) is 0 Å². The standard InChI is InChI=1S/C13H19N5O2S/c1-14-7-12-5-13(9-18(12)11-3-4-11)21(19,20)16-10-6-15-17(2)8-10/h5-6,8-9,11,14,16H,3-4,7H2,1-2H3. The van der Waals surface area contributed by atoms with Crippen LogP contribution in [0.2, 0.25) is 0 Å². The van der Waals surface area contributed by atoms with Gasteiger partial charge in [0.2, 0.25) is 0 Å². The van der Waals surface area contributed by atoms with E-state index in [2.05, 4.69) is 19.7 Å². The van der Waals surface area contributed by atoms with Crippen molar-refractivity contribution in [2.24, 2.45) is 7.05 Å². The van der Waals surface area contributed by atoms with Crippen molar-refractivity contribution in [2.45, 2.75) is 30.3 Å². The number of hydrogen-bond acceptors (Lipinski definition) is 4. The van der Waals surface area contributed by atoms with Crippen molar-refractivity contribution in [2.75, 3.05) is 11.8 Å². The average Bonchev–Trinajstić information content (AvgIpc) is 3.05. The van der Waals surface area contributed by atoms with E-state index in [4.69, 9.17) is 0 Å². The Labute approximate surface area is 124 Å². The zero-order valence-electron chi connectivity index (χ0n) is 12.1. The van der Waals surface area contributed by atoms with Crippen molar-refractivity contribution in [1.82, 2.24) is 19.7 Å². The molecule has 2 heterocycles. The van der Waals surface area contributed by atoms with Crippen molar-refractivity contribution in [3.63, 3.8) is 0 Å². The third-order valence-electron chi connectivity index (χ3n) is 3.47. The summed E-state index contributed by atoms with van der Waals surface area (Å²) in [5, 5.41) is 7.03. The van der Waals surface area contributed by atoms with Gasteiger partial charge >= 0.3 is 0 Å². The summed E-state index contributed by atoms with van der Waals surface area (Å²) < 4.78 is 31.1. The van der Waals surface area contributed by atoms with Crippen molar-refractivity contribution in [3.8, 4) is 0 Å². The van der Waals surface area contributed by atoms with E-state index in [1.54, 1.807) is 30.2 Å². The van der Waals surface area contributed by atoms with Crippen LogP contribution in [0.5, 0.6) is 0 Å². The lowest BCUT2D eigenvalue weighted by Crippen LogP contribution is -2.11. The van der Waals surface area contributed by atoms with Crippen molar-refractivity contribution >= 4 is 15.7 Å². The Morgan fingerprint density at radius 2 is 2.14 bits per heavy atom. The highest BCUT2D eigenvalue weighted by Crippen LogP contribution is 2.37. The van der Waals surface area contributed by atoms with E-state index in [9.17, 15) is 8.42 Å². The van der Waals surface area contributed by atoms with Crippen LogP contribution in [-0.4, -0.2) is 29.8 Å². The highest BCUT2D eigenvalue weighted by molar-refractivity contribution is 7.92. The third-order valence-corrected chi connectivity index (χ3v) is 4.82. The van der Waals surface area contributed by atoms with Crippen LogP contribution >= 0.6 is 0 Å². The summed E-state index contributed by atoms with van der Waals surface area (Å²) in [5.74, 6) is 0. The number of nitrogens with zero attached hydrogens (tertiary/aromatic N) is 3. The molecule has 1 fully saturated rings. The molecule has 0 atom stereocenters. The van der Waals surface area contributed by atoms with Crippen molar-refractivity contribution in [1.29, 1.82) is 0 Å². The van der Waals surface area contributed by atoms with Crippen LogP contribution in [0.4, 0.5) is 5.69 Å². The zero-order valence-corrected chi connectivity index (χ0v) is 12.9. The number of aryl methyl sites for hydroxylation is 1. The molecule has 0 amide bonds. The van der Waals surface area contributed by atoms with Gasteiger partial charge in [0.1, 0.15) is 4.90 Å². The average molecular weight is 309 g/mol. The molecule has 2 aromatic rings. The highest BCUT2D eigenvalue weighted by Gasteiger charge is 2.28. The van der Waals surface area contributed by atoms with Gasteiger partial charge in [-0.2, -0.15) is 5.10 Å². The number of nitrogens with one attached hydrogen (secondary N) is 2. The van der Waals surface area contributed by atoms with E-state index >= 15 is 0 Å². The van der Waals surface area contributed by atoms with E-state index in [-0.39, 0.29) is 0 Å². The molecule has 2 N–H and O–H groups in total. The van der Waals surface area contributed by atoms with Crippen LogP contribution in [0.15, 0.2) is 29.6 Å². The topological polar surface area (TPSA) is 81.0 Å². The maximum absolute atomic E-state index is 12.4. The van der Waals surface area contributed by atoms with Crippen molar-refractivity contribution in [3.05, 3.63) is 30.4 Å². The molecule has 0 aliphatic heterocycles. The van der Waals surface area contributed by atoms with E-state index in [0.717, 1.165) is 18.5 Å². The molecule has 0 unspecified atom stereocenters. The summed E-state index contributed by atoms with van der Waals surface area (Å²) in [6.45, 7) is 0.652. The largest absolute Gasteiger partial charge is 0.346 e. The van der Waals surface area contributed by atoms with Crippen LogP contribution in [0, 0.1) is 0 Å². The van der Waals surface area contributed by atoms with E-state index in [1.165, 1.54) is 6.20 Å². The lowest BCUT2D eigenvalue weighted by Gasteiger charge is -2.05. The molecule has 21 heavy (non-hydrogen) atoms. The second kappa shape index (κ2) is 5.19. The molecule has 0 saturated heterocycles. The molecular weight excluding hydrogens is 290 g/mol. The maximum atomic E-state index is 12.4. The Balaban J connectivity index is 1.89. The molecule has 3 rings (SSSR count). The fraction of sp³-hybridized carbons (Fsp3) is 0.462. The lowest BCUT2D eigenvalue weighted by atomic mass is 10.4. The zero-order chi connectivity index (χ0) is 15.0. The first-order valence-electron chi connectivity index (χ1n) is 6.86. The van der Waals surface area contributed by atoms with Gasteiger partial charge in [-0.15, -0.1) is 0 Å². The molecule has 7 nitrogen and oxygen atoms in total. The van der Waals surface area contributed by atoms with Gasteiger partial charge in [-0.1, -0.05) is 0 Å². The summed E-state index contributed by atoms with van der Waals surface area (Å²) in [4.78, 5) is 0.295. The third kappa shape index (κ3) is 2.96. The van der Waals surface area contributed by atoms with Gasteiger partial charge in [0, 0.05) is 37.7 Å². The van der Waals surface area contributed by atoms with Gasteiger partial charge < -0.3 is 9.88 Å². The van der Waals surface area contributed by atoms with Gasteiger partial charge in [-0.3, -0.25) is 9.40 Å². The molecule has 0 spiro atoms. The number of aromatic nitrogens is 3. The smallest absolute Gasteiger partial charge is 0.263 e. The fourth-order valence-electron chi connectivity index (χ4n) is 2.35. The maximum Gasteiger partial charge on any atom is 0.263 e. The monoisotopic (exact) mass is 309 g/mol. The minimum Gasteiger partial charge on any atom is -0.346 e. The summed E-state index contributed by atoms with van der Waals surface area (Å²) in [5.41, 5.74) is 1.46. The van der Waals surface area contributed by atoms with Gasteiger partial charge in [0.25, 0.3) is 10.0 Å². The molecule has 1 saturated carbocycles. The molecule has 2 aromatic heterocycles.